The van der Waals surface area contributed by atoms with Crippen LogP contribution in [0.4, 0.5) is 4.39 Å². The van der Waals surface area contributed by atoms with Crippen LogP contribution in [0.5, 0.6) is 5.75 Å². The van der Waals surface area contributed by atoms with E-state index >= 15 is 0 Å². The molecule has 1 N–H and O–H groups in total. The average molecular weight is 462 g/mol. The normalized spacial score (nSPS) is 14.0. The molecule has 1 aliphatic rings. The zero-order valence-electron chi connectivity index (χ0n) is 19.2. The smallest absolute Gasteiger partial charge is 0.253 e. The first-order chi connectivity index (χ1) is 16.5. The molecule has 6 nitrogen and oxygen atoms in total. The number of halogens is 1. The zero-order valence-corrected chi connectivity index (χ0v) is 19.2. The van der Waals surface area contributed by atoms with Crippen LogP contribution in [0.3, 0.4) is 0 Å². The molecule has 176 valence electrons. The maximum atomic E-state index is 13.0. The number of rotatable bonds is 7. The quantitative estimate of drug-likeness (QED) is 0.583. The predicted octanol–water partition coefficient (Wildman–Crippen LogP) is 3.72. The van der Waals surface area contributed by atoms with Crippen LogP contribution >= 0.6 is 0 Å². The van der Waals surface area contributed by atoms with Gasteiger partial charge in [-0.3, -0.25) is 9.59 Å². The van der Waals surface area contributed by atoms with Crippen molar-refractivity contribution in [2.24, 2.45) is 0 Å². The number of hydrogen-bond donors (Lipinski definition) is 1. The summed E-state index contributed by atoms with van der Waals surface area (Å²) < 4.78 is 18.8. The molecule has 0 bridgehead atoms. The highest BCUT2D eigenvalue weighted by molar-refractivity contribution is 5.95. The van der Waals surface area contributed by atoms with E-state index in [1.54, 1.807) is 36.4 Å². The molecule has 0 aromatic heterocycles. The van der Waals surface area contributed by atoms with E-state index in [0.29, 0.717) is 23.4 Å². The van der Waals surface area contributed by atoms with Gasteiger partial charge in [-0.25, -0.2) is 4.39 Å². The summed E-state index contributed by atoms with van der Waals surface area (Å²) in [5.41, 5.74) is 2.89. The van der Waals surface area contributed by atoms with Gasteiger partial charge >= 0.3 is 0 Å². The summed E-state index contributed by atoms with van der Waals surface area (Å²) in [6.45, 7) is 3.87. The van der Waals surface area contributed by atoms with Crippen molar-refractivity contribution in [1.82, 2.24) is 15.1 Å². The molecule has 0 aliphatic carbocycles. The van der Waals surface area contributed by atoms with Crippen molar-refractivity contribution >= 4 is 11.8 Å². The molecular formula is C27H28FN3O3. The highest BCUT2D eigenvalue weighted by atomic mass is 19.1. The third-order valence-corrected chi connectivity index (χ3v) is 5.86. The van der Waals surface area contributed by atoms with Crippen LogP contribution in [0.1, 0.15) is 31.8 Å². The van der Waals surface area contributed by atoms with Crippen LogP contribution < -0.4 is 10.1 Å². The molecule has 2 amide bonds. The monoisotopic (exact) mass is 461 g/mol. The molecule has 3 aromatic rings. The molecule has 0 saturated carbocycles. The Bertz CT molecular complexity index is 1120. The van der Waals surface area contributed by atoms with Gasteiger partial charge in [-0.05, 0) is 60.6 Å². The molecule has 1 fully saturated rings. The summed E-state index contributed by atoms with van der Waals surface area (Å²) in [6.07, 6.45) is 0. The van der Waals surface area contributed by atoms with Gasteiger partial charge in [0.1, 0.15) is 18.2 Å². The van der Waals surface area contributed by atoms with Crippen molar-refractivity contribution in [2.75, 3.05) is 33.2 Å². The standard InChI is InChI=1S/C27H28FN3O3/c1-30-13-15-31(16-14-30)27(33)22-9-5-20(6-10-22)18-29-26(32)23-3-2-4-25(17-23)34-19-21-7-11-24(28)12-8-21/h2-12,17H,13-16,18-19H2,1H3,(H,29,32). The van der Waals surface area contributed by atoms with Crippen molar-refractivity contribution in [3.8, 4) is 5.75 Å². The van der Waals surface area contributed by atoms with Crippen LogP contribution in [-0.4, -0.2) is 54.8 Å². The molecule has 4 rings (SSSR count). The van der Waals surface area contributed by atoms with Gasteiger partial charge < -0.3 is 19.9 Å². The largest absolute Gasteiger partial charge is 0.489 e. The minimum absolute atomic E-state index is 0.0427. The molecule has 0 atom stereocenters. The lowest BCUT2D eigenvalue weighted by Crippen LogP contribution is -2.47. The zero-order chi connectivity index (χ0) is 23.9. The number of nitrogens with one attached hydrogen (secondary N) is 1. The molecule has 1 aliphatic heterocycles. The number of hydrogen-bond acceptors (Lipinski definition) is 4. The second-order valence-electron chi connectivity index (χ2n) is 8.42. The Hall–Kier alpha value is -3.71. The van der Waals surface area contributed by atoms with E-state index in [0.717, 1.165) is 37.3 Å². The lowest BCUT2D eigenvalue weighted by Gasteiger charge is -2.32. The van der Waals surface area contributed by atoms with E-state index in [1.807, 2.05) is 29.2 Å². The van der Waals surface area contributed by atoms with E-state index in [2.05, 4.69) is 17.3 Å². The molecule has 0 radical (unpaired) electrons. The summed E-state index contributed by atoms with van der Waals surface area (Å²) in [4.78, 5) is 29.4. The van der Waals surface area contributed by atoms with Gasteiger partial charge in [0.15, 0.2) is 0 Å². The topological polar surface area (TPSA) is 61.9 Å². The highest BCUT2D eigenvalue weighted by Gasteiger charge is 2.20. The average Bonchev–Trinajstić information content (AvgIpc) is 2.87. The molecule has 7 heteroatoms. The number of likely N-dealkylation sites (N-methyl/N-ethyl adjacent to an activating group) is 1. The van der Waals surface area contributed by atoms with Crippen LogP contribution in [0.25, 0.3) is 0 Å². The number of carbonyl (C=O) groups is 2. The fraction of sp³-hybridized carbons (Fsp3) is 0.259. The minimum Gasteiger partial charge on any atom is -0.489 e. The van der Waals surface area contributed by atoms with Crippen molar-refractivity contribution in [1.29, 1.82) is 0 Å². The molecule has 0 unspecified atom stereocenters. The van der Waals surface area contributed by atoms with E-state index in [1.165, 1.54) is 12.1 Å². The van der Waals surface area contributed by atoms with Gasteiger partial charge in [-0.1, -0.05) is 30.3 Å². The highest BCUT2D eigenvalue weighted by Crippen LogP contribution is 2.16. The maximum absolute atomic E-state index is 13.0. The van der Waals surface area contributed by atoms with E-state index in [9.17, 15) is 14.0 Å². The molecular weight excluding hydrogens is 433 g/mol. The maximum Gasteiger partial charge on any atom is 0.253 e. The second kappa shape index (κ2) is 10.9. The minimum atomic E-state index is -0.293. The van der Waals surface area contributed by atoms with Crippen molar-refractivity contribution in [2.45, 2.75) is 13.2 Å². The second-order valence-corrected chi connectivity index (χ2v) is 8.42. The Morgan fingerprint density at radius 2 is 1.56 bits per heavy atom. The number of piperazine rings is 1. The van der Waals surface area contributed by atoms with E-state index in [-0.39, 0.29) is 24.2 Å². The summed E-state index contributed by atoms with van der Waals surface area (Å²) in [5, 5.41) is 2.90. The van der Waals surface area contributed by atoms with E-state index < -0.39 is 0 Å². The van der Waals surface area contributed by atoms with Gasteiger partial charge in [0, 0.05) is 43.9 Å². The van der Waals surface area contributed by atoms with Crippen molar-refractivity contribution in [3.05, 3.63) is 101 Å². The summed E-state index contributed by atoms with van der Waals surface area (Å²) in [7, 11) is 2.06. The van der Waals surface area contributed by atoms with Crippen LogP contribution in [0.15, 0.2) is 72.8 Å². The van der Waals surface area contributed by atoms with Crippen molar-refractivity contribution in [3.63, 3.8) is 0 Å². The van der Waals surface area contributed by atoms with Crippen LogP contribution in [-0.2, 0) is 13.2 Å². The number of amides is 2. The van der Waals surface area contributed by atoms with Gasteiger partial charge in [0.25, 0.3) is 11.8 Å². The van der Waals surface area contributed by atoms with Gasteiger partial charge in [-0.15, -0.1) is 0 Å². The third-order valence-electron chi connectivity index (χ3n) is 5.86. The first-order valence-corrected chi connectivity index (χ1v) is 11.3. The number of ether oxygens (including phenoxy) is 1. The number of nitrogens with zero attached hydrogens (tertiary/aromatic N) is 2. The van der Waals surface area contributed by atoms with Crippen molar-refractivity contribution < 1.29 is 18.7 Å². The number of benzene rings is 3. The third kappa shape index (κ3) is 6.20. The Kier molecular flexibility index (Phi) is 7.54. The summed E-state index contributed by atoms with van der Waals surface area (Å²) in [6, 6.07) is 20.4. The fourth-order valence-corrected chi connectivity index (χ4v) is 3.72. The first kappa shape index (κ1) is 23.4. The molecule has 3 aromatic carbocycles. The Morgan fingerprint density at radius 3 is 2.26 bits per heavy atom. The van der Waals surface area contributed by atoms with E-state index in [4.69, 9.17) is 4.74 Å². The molecule has 0 spiro atoms. The Morgan fingerprint density at radius 1 is 0.882 bits per heavy atom. The summed E-state index contributed by atoms with van der Waals surface area (Å²) >= 11 is 0. The van der Waals surface area contributed by atoms with Crippen LogP contribution in [0.2, 0.25) is 0 Å². The molecule has 1 heterocycles. The van der Waals surface area contributed by atoms with Gasteiger partial charge in [-0.2, -0.15) is 0 Å². The van der Waals surface area contributed by atoms with Crippen LogP contribution in [0, 0.1) is 5.82 Å². The first-order valence-electron chi connectivity index (χ1n) is 11.3. The Labute approximate surface area is 198 Å². The Balaban J connectivity index is 1.29. The molecule has 1 saturated heterocycles. The van der Waals surface area contributed by atoms with Gasteiger partial charge in [0.2, 0.25) is 0 Å². The fourth-order valence-electron chi connectivity index (χ4n) is 3.72. The molecule has 34 heavy (non-hydrogen) atoms. The van der Waals surface area contributed by atoms with Gasteiger partial charge in [0.05, 0.1) is 0 Å². The lowest BCUT2D eigenvalue weighted by atomic mass is 10.1. The summed E-state index contributed by atoms with van der Waals surface area (Å²) in [5.74, 6) is 0.0911. The predicted molar refractivity (Wildman–Crippen MR) is 128 cm³/mol. The lowest BCUT2D eigenvalue weighted by molar-refractivity contribution is 0.0664. The SMILES string of the molecule is CN1CCN(C(=O)c2ccc(CNC(=O)c3cccc(OCc4ccc(F)cc4)c3)cc2)CC1. The number of carbonyl (C=O) groups excluding carboxylic acids is 2.